The van der Waals surface area contributed by atoms with Crippen molar-refractivity contribution >= 4 is 11.6 Å². The molecular formula is C12H14ClN3O. The van der Waals surface area contributed by atoms with Crippen molar-refractivity contribution in [2.45, 2.75) is 13.5 Å². The molecule has 2 rings (SSSR count). The Morgan fingerprint density at radius 3 is 2.82 bits per heavy atom. The van der Waals surface area contributed by atoms with E-state index in [0.29, 0.717) is 11.6 Å². The molecule has 4 nitrogen and oxygen atoms in total. The Balaban J connectivity index is 2.52. The van der Waals surface area contributed by atoms with Gasteiger partial charge in [-0.3, -0.25) is 0 Å². The number of aromatic amines is 1. The number of imidazole rings is 1. The van der Waals surface area contributed by atoms with Gasteiger partial charge in [-0.2, -0.15) is 0 Å². The van der Waals surface area contributed by atoms with Crippen LogP contribution >= 0.6 is 11.6 Å². The lowest BCUT2D eigenvalue weighted by atomic mass is 10.1. The standard InChI is InChI=1S/C12H14ClN3O/c1-7-15-11(6-14)12(16-7)9-4-3-8(17-2)5-10(9)13/h3-5H,6,14H2,1-2H3,(H,15,16). The van der Waals surface area contributed by atoms with Crippen LogP contribution in [0.1, 0.15) is 11.5 Å². The van der Waals surface area contributed by atoms with Crippen LogP contribution in [-0.4, -0.2) is 17.1 Å². The molecule has 0 spiro atoms. The number of aromatic nitrogens is 2. The quantitative estimate of drug-likeness (QED) is 0.881. The average Bonchev–Trinajstić information content (AvgIpc) is 2.70. The largest absolute Gasteiger partial charge is 0.497 e. The molecule has 2 aromatic rings. The SMILES string of the molecule is COc1ccc(-c2nc(C)[nH]c2CN)c(Cl)c1. The molecule has 0 unspecified atom stereocenters. The molecule has 1 heterocycles. The van der Waals surface area contributed by atoms with Gasteiger partial charge in [-0.25, -0.2) is 4.98 Å². The van der Waals surface area contributed by atoms with Crippen molar-refractivity contribution in [3.63, 3.8) is 0 Å². The number of nitrogens with zero attached hydrogens (tertiary/aromatic N) is 1. The minimum absolute atomic E-state index is 0.401. The smallest absolute Gasteiger partial charge is 0.120 e. The predicted octanol–water partition coefficient (Wildman–Crippen LogP) is 2.51. The number of H-pyrrole nitrogens is 1. The van der Waals surface area contributed by atoms with Crippen molar-refractivity contribution in [3.05, 3.63) is 34.7 Å². The van der Waals surface area contributed by atoms with Crippen LogP contribution in [0.25, 0.3) is 11.3 Å². The fraction of sp³-hybridized carbons (Fsp3) is 0.250. The number of methoxy groups -OCH3 is 1. The molecule has 3 N–H and O–H groups in total. The molecule has 0 fully saturated rings. The Hall–Kier alpha value is -1.52. The monoisotopic (exact) mass is 251 g/mol. The second kappa shape index (κ2) is 4.77. The lowest BCUT2D eigenvalue weighted by molar-refractivity contribution is 0.415. The Bertz CT molecular complexity index is 537. The molecule has 17 heavy (non-hydrogen) atoms. The maximum Gasteiger partial charge on any atom is 0.120 e. The Kier molecular flexibility index (Phi) is 3.36. The third-order valence-corrected chi connectivity index (χ3v) is 2.85. The van der Waals surface area contributed by atoms with Gasteiger partial charge in [0, 0.05) is 12.1 Å². The molecule has 0 bridgehead atoms. The average molecular weight is 252 g/mol. The number of aryl methyl sites for hydroxylation is 1. The second-order valence-electron chi connectivity index (χ2n) is 3.70. The number of hydrogen-bond acceptors (Lipinski definition) is 3. The summed E-state index contributed by atoms with van der Waals surface area (Å²) in [5.74, 6) is 1.55. The summed E-state index contributed by atoms with van der Waals surface area (Å²) in [7, 11) is 1.61. The molecule has 0 aliphatic rings. The molecule has 90 valence electrons. The van der Waals surface area contributed by atoms with Crippen LogP contribution in [-0.2, 0) is 6.54 Å². The third-order valence-electron chi connectivity index (χ3n) is 2.53. The van der Waals surface area contributed by atoms with E-state index in [9.17, 15) is 0 Å². The van der Waals surface area contributed by atoms with Gasteiger partial charge in [0.2, 0.25) is 0 Å². The van der Waals surface area contributed by atoms with Crippen LogP contribution in [0.4, 0.5) is 0 Å². The highest BCUT2D eigenvalue weighted by Gasteiger charge is 2.12. The van der Waals surface area contributed by atoms with Crippen molar-refractivity contribution in [1.82, 2.24) is 9.97 Å². The first kappa shape index (κ1) is 12.0. The van der Waals surface area contributed by atoms with Gasteiger partial charge >= 0.3 is 0 Å². The van der Waals surface area contributed by atoms with Crippen molar-refractivity contribution in [2.24, 2.45) is 5.73 Å². The number of halogens is 1. The molecule has 0 amide bonds. The zero-order chi connectivity index (χ0) is 12.4. The summed E-state index contributed by atoms with van der Waals surface area (Å²) < 4.78 is 5.11. The van der Waals surface area contributed by atoms with Crippen LogP contribution < -0.4 is 10.5 Å². The molecule has 5 heteroatoms. The Labute approximate surface area is 105 Å². The number of nitrogens with two attached hydrogens (primary N) is 1. The summed E-state index contributed by atoms with van der Waals surface area (Å²) in [6.45, 7) is 2.29. The van der Waals surface area contributed by atoms with Gasteiger partial charge in [0.05, 0.1) is 23.5 Å². The number of rotatable bonds is 3. The summed E-state index contributed by atoms with van der Waals surface area (Å²) >= 11 is 6.21. The van der Waals surface area contributed by atoms with Gasteiger partial charge in [-0.05, 0) is 25.1 Å². The van der Waals surface area contributed by atoms with Gasteiger partial charge in [-0.15, -0.1) is 0 Å². The number of nitrogens with one attached hydrogen (secondary N) is 1. The maximum atomic E-state index is 6.21. The van der Waals surface area contributed by atoms with E-state index in [1.54, 1.807) is 13.2 Å². The third kappa shape index (κ3) is 2.28. The molecular weight excluding hydrogens is 238 g/mol. The van der Waals surface area contributed by atoms with Crippen molar-refractivity contribution in [3.8, 4) is 17.0 Å². The zero-order valence-corrected chi connectivity index (χ0v) is 10.5. The normalized spacial score (nSPS) is 10.6. The van der Waals surface area contributed by atoms with E-state index in [1.165, 1.54) is 0 Å². The molecule has 0 saturated heterocycles. The highest BCUT2D eigenvalue weighted by atomic mass is 35.5. The van der Waals surface area contributed by atoms with Crippen LogP contribution in [0, 0.1) is 6.92 Å². The van der Waals surface area contributed by atoms with Gasteiger partial charge < -0.3 is 15.5 Å². The van der Waals surface area contributed by atoms with Crippen molar-refractivity contribution in [2.75, 3.05) is 7.11 Å². The lowest BCUT2D eigenvalue weighted by Crippen LogP contribution is -1.99. The van der Waals surface area contributed by atoms with E-state index >= 15 is 0 Å². The molecule has 1 aromatic heterocycles. The van der Waals surface area contributed by atoms with E-state index in [0.717, 1.165) is 28.5 Å². The summed E-state index contributed by atoms with van der Waals surface area (Å²) in [6.07, 6.45) is 0. The molecule has 0 atom stereocenters. The number of ether oxygens (including phenoxy) is 1. The maximum absolute atomic E-state index is 6.21. The highest BCUT2D eigenvalue weighted by Crippen LogP contribution is 2.31. The molecule has 0 aliphatic carbocycles. The molecule has 0 radical (unpaired) electrons. The van der Waals surface area contributed by atoms with Crippen molar-refractivity contribution in [1.29, 1.82) is 0 Å². The first-order valence-corrected chi connectivity index (χ1v) is 5.63. The van der Waals surface area contributed by atoms with Crippen LogP contribution in [0.15, 0.2) is 18.2 Å². The molecule has 0 saturated carbocycles. The highest BCUT2D eigenvalue weighted by molar-refractivity contribution is 6.33. The van der Waals surface area contributed by atoms with Gasteiger partial charge in [-0.1, -0.05) is 11.6 Å². The summed E-state index contributed by atoms with van der Waals surface area (Å²) in [4.78, 5) is 7.53. The van der Waals surface area contributed by atoms with E-state index < -0.39 is 0 Å². The van der Waals surface area contributed by atoms with E-state index in [1.807, 2.05) is 19.1 Å². The predicted molar refractivity (Wildman–Crippen MR) is 68.2 cm³/mol. The molecule has 0 aliphatic heterocycles. The van der Waals surface area contributed by atoms with E-state index in [4.69, 9.17) is 22.1 Å². The molecule has 1 aromatic carbocycles. The second-order valence-corrected chi connectivity index (χ2v) is 4.11. The summed E-state index contributed by atoms with van der Waals surface area (Å²) in [5, 5.41) is 0.602. The van der Waals surface area contributed by atoms with Crippen LogP contribution in [0.2, 0.25) is 5.02 Å². The summed E-state index contributed by atoms with van der Waals surface area (Å²) in [5.41, 5.74) is 8.21. The first-order chi connectivity index (χ1) is 8.15. The van der Waals surface area contributed by atoms with Gasteiger partial charge in [0.25, 0.3) is 0 Å². The minimum Gasteiger partial charge on any atom is -0.497 e. The topological polar surface area (TPSA) is 63.9 Å². The van der Waals surface area contributed by atoms with Crippen LogP contribution in [0.5, 0.6) is 5.75 Å². The van der Waals surface area contributed by atoms with E-state index in [2.05, 4.69) is 9.97 Å². The van der Waals surface area contributed by atoms with E-state index in [-0.39, 0.29) is 0 Å². The van der Waals surface area contributed by atoms with Gasteiger partial charge in [0.1, 0.15) is 11.6 Å². The van der Waals surface area contributed by atoms with Crippen molar-refractivity contribution < 1.29 is 4.74 Å². The fourth-order valence-electron chi connectivity index (χ4n) is 1.73. The summed E-state index contributed by atoms with van der Waals surface area (Å²) in [6, 6.07) is 5.50. The zero-order valence-electron chi connectivity index (χ0n) is 9.75. The minimum atomic E-state index is 0.401. The van der Waals surface area contributed by atoms with Gasteiger partial charge in [0.15, 0.2) is 0 Å². The Morgan fingerprint density at radius 1 is 1.47 bits per heavy atom. The lowest BCUT2D eigenvalue weighted by Gasteiger charge is -2.05. The number of hydrogen-bond donors (Lipinski definition) is 2. The fourth-order valence-corrected chi connectivity index (χ4v) is 1.99. The first-order valence-electron chi connectivity index (χ1n) is 5.25. The Morgan fingerprint density at radius 2 is 2.24 bits per heavy atom. The van der Waals surface area contributed by atoms with Crippen LogP contribution in [0.3, 0.4) is 0 Å². The number of benzene rings is 1.